The largest absolute Gasteiger partial charge is 0.618 e. The quantitative estimate of drug-likeness (QED) is 0.508. The molecular weight excluding hydrogens is 212 g/mol. The normalized spacial score (nSPS) is 10.9. The van der Waals surface area contributed by atoms with Crippen LogP contribution in [-0.2, 0) is 13.2 Å². The Morgan fingerprint density at radius 3 is 1.56 bits per heavy atom. The molecule has 6 nitrogen and oxygen atoms in total. The van der Waals surface area contributed by atoms with Gasteiger partial charge in [0.15, 0.2) is 0 Å². The van der Waals surface area contributed by atoms with Gasteiger partial charge in [-0.05, 0) is 0 Å². The van der Waals surface area contributed by atoms with Gasteiger partial charge in [-0.2, -0.15) is 9.46 Å². The number of hydrogen-bond donors (Lipinski definition) is 2. The van der Waals surface area contributed by atoms with E-state index in [0.717, 1.165) is 0 Å². The molecule has 0 aliphatic heterocycles. The van der Waals surface area contributed by atoms with Crippen molar-refractivity contribution >= 4 is 11.0 Å². The molecule has 1 aromatic carbocycles. The summed E-state index contributed by atoms with van der Waals surface area (Å²) in [4.78, 5) is 0. The predicted octanol–water partition coefficient (Wildman–Crippen LogP) is -0.909. The van der Waals surface area contributed by atoms with Crippen LogP contribution in [0, 0.1) is 10.4 Å². The van der Waals surface area contributed by atoms with Gasteiger partial charge in [-0.3, -0.25) is 0 Å². The van der Waals surface area contributed by atoms with Crippen molar-refractivity contribution in [2.45, 2.75) is 13.2 Å². The summed E-state index contributed by atoms with van der Waals surface area (Å²) in [6, 6.07) is 6.21. The molecule has 1 heterocycles. The van der Waals surface area contributed by atoms with Crippen molar-refractivity contribution in [2.24, 2.45) is 0 Å². The number of aliphatic hydroxyl groups is 2. The van der Waals surface area contributed by atoms with Crippen molar-refractivity contribution in [3.05, 3.63) is 46.1 Å². The van der Waals surface area contributed by atoms with E-state index in [2.05, 4.69) is 0 Å². The summed E-state index contributed by atoms with van der Waals surface area (Å²) in [6.07, 6.45) is 0. The first-order valence-electron chi connectivity index (χ1n) is 4.68. The number of nitrogens with zero attached hydrogens (tertiary/aromatic N) is 2. The van der Waals surface area contributed by atoms with Gasteiger partial charge >= 0.3 is 0 Å². The second kappa shape index (κ2) is 3.92. The van der Waals surface area contributed by atoms with Gasteiger partial charge in [0.25, 0.3) is 22.4 Å². The molecule has 0 atom stereocenters. The maximum atomic E-state index is 11.8. The fraction of sp³-hybridized carbons (Fsp3) is 0.200. The zero-order chi connectivity index (χ0) is 11.7. The van der Waals surface area contributed by atoms with Crippen molar-refractivity contribution in [3.8, 4) is 0 Å². The molecule has 0 bridgehead atoms. The number of para-hydroxylation sites is 2. The van der Waals surface area contributed by atoms with E-state index in [0.29, 0.717) is 9.46 Å². The Labute approximate surface area is 90.8 Å². The number of rotatable bonds is 2. The Morgan fingerprint density at radius 1 is 0.875 bits per heavy atom. The molecule has 0 saturated heterocycles. The van der Waals surface area contributed by atoms with Crippen LogP contribution in [0.3, 0.4) is 0 Å². The van der Waals surface area contributed by atoms with E-state index in [1.54, 1.807) is 12.1 Å². The lowest BCUT2D eigenvalue weighted by Crippen LogP contribution is -2.45. The van der Waals surface area contributed by atoms with Crippen LogP contribution in [0.2, 0.25) is 0 Å². The minimum atomic E-state index is -0.591. The monoisotopic (exact) mass is 222 g/mol. The van der Waals surface area contributed by atoms with Crippen molar-refractivity contribution in [1.82, 2.24) is 0 Å². The average molecular weight is 222 g/mol. The highest BCUT2D eigenvalue weighted by molar-refractivity contribution is 5.67. The van der Waals surface area contributed by atoms with Gasteiger partial charge in [-0.1, -0.05) is 12.1 Å². The van der Waals surface area contributed by atoms with Gasteiger partial charge in [-0.25, -0.2) is 0 Å². The van der Waals surface area contributed by atoms with Crippen molar-refractivity contribution in [3.63, 3.8) is 0 Å². The Balaban J connectivity index is 2.93. The molecule has 84 valence electrons. The summed E-state index contributed by atoms with van der Waals surface area (Å²) in [7, 11) is 0. The fourth-order valence-corrected chi connectivity index (χ4v) is 1.64. The van der Waals surface area contributed by atoms with Crippen LogP contribution in [0.25, 0.3) is 11.0 Å². The zero-order valence-corrected chi connectivity index (χ0v) is 8.33. The zero-order valence-electron chi connectivity index (χ0n) is 8.33. The highest BCUT2D eigenvalue weighted by Gasteiger charge is 2.26. The first-order chi connectivity index (χ1) is 7.70. The smallest absolute Gasteiger partial charge is 0.290 e. The van der Waals surface area contributed by atoms with Crippen molar-refractivity contribution < 1.29 is 19.7 Å². The van der Waals surface area contributed by atoms with Gasteiger partial charge in [0, 0.05) is 12.1 Å². The van der Waals surface area contributed by atoms with E-state index in [4.69, 9.17) is 10.2 Å². The molecule has 1 aromatic heterocycles. The van der Waals surface area contributed by atoms with Gasteiger partial charge in [-0.15, -0.1) is 0 Å². The number of benzene rings is 1. The number of aromatic nitrogens is 2. The van der Waals surface area contributed by atoms with Gasteiger partial charge in [0.2, 0.25) is 0 Å². The first-order valence-corrected chi connectivity index (χ1v) is 4.68. The average Bonchev–Trinajstić information content (AvgIpc) is 2.33. The molecule has 0 spiro atoms. The lowest BCUT2D eigenvalue weighted by atomic mass is 10.2. The molecule has 0 amide bonds. The van der Waals surface area contributed by atoms with Crippen LogP contribution in [0.1, 0.15) is 11.4 Å². The molecule has 2 rings (SSSR count). The van der Waals surface area contributed by atoms with E-state index in [1.807, 2.05) is 0 Å². The second-order valence-corrected chi connectivity index (χ2v) is 3.29. The highest BCUT2D eigenvalue weighted by atomic mass is 16.5. The summed E-state index contributed by atoms with van der Waals surface area (Å²) in [5.74, 6) is 0. The SMILES string of the molecule is [O-][n+]1c(CO)c(CO)[n+]([O-])c2ccccc21. The van der Waals surface area contributed by atoms with Gasteiger partial charge in [0.1, 0.15) is 13.2 Å². The summed E-state index contributed by atoms with van der Waals surface area (Å²) in [5.41, 5.74) is 0.0740. The molecule has 0 unspecified atom stereocenters. The molecule has 0 saturated carbocycles. The Morgan fingerprint density at radius 2 is 1.25 bits per heavy atom. The van der Waals surface area contributed by atoms with E-state index in [1.165, 1.54) is 12.1 Å². The van der Waals surface area contributed by atoms with E-state index >= 15 is 0 Å². The van der Waals surface area contributed by atoms with Crippen LogP contribution in [0.15, 0.2) is 24.3 Å². The van der Waals surface area contributed by atoms with Crippen LogP contribution < -0.4 is 9.46 Å². The number of fused-ring (bicyclic) bond motifs is 1. The molecule has 0 aliphatic rings. The van der Waals surface area contributed by atoms with Gasteiger partial charge in [0.05, 0.1) is 0 Å². The van der Waals surface area contributed by atoms with Gasteiger partial charge < -0.3 is 20.6 Å². The Hall–Kier alpha value is -1.92. The molecular formula is C10H10N2O4. The third-order valence-corrected chi connectivity index (χ3v) is 2.44. The van der Waals surface area contributed by atoms with E-state index < -0.39 is 13.2 Å². The Kier molecular flexibility index (Phi) is 2.59. The molecule has 2 aromatic rings. The molecule has 0 fully saturated rings. The second-order valence-electron chi connectivity index (χ2n) is 3.29. The minimum absolute atomic E-state index is 0.129. The van der Waals surface area contributed by atoms with Crippen molar-refractivity contribution in [1.29, 1.82) is 0 Å². The molecule has 0 radical (unpaired) electrons. The fourth-order valence-electron chi connectivity index (χ4n) is 1.64. The van der Waals surface area contributed by atoms with E-state index in [9.17, 15) is 10.4 Å². The molecule has 16 heavy (non-hydrogen) atoms. The standard InChI is InChI=1S/C10H10N2O4/c13-5-9-10(6-14)12(16)8-4-2-1-3-7(8)11(9)15/h1-4,13-14H,5-6H2. The topological polar surface area (TPSA) is 94.3 Å². The predicted molar refractivity (Wildman–Crippen MR) is 53.7 cm³/mol. The van der Waals surface area contributed by atoms with Crippen LogP contribution >= 0.6 is 0 Å². The van der Waals surface area contributed by atoms with Crippen LogP contribution in [0.4, 0.5) is 0 Å². The number of aliphatic hydroxyl groups excluding tert-OH is 2. The summed E-state index contributed by atoms with van der Waals surface area (Å²) in [5, 5.41) is 41.6. The Bertz CT molecular complexity index is 493. The van der Waals surface area contributed by atoms with Crippen LogP contribution in [0.5, 0.6) is 0 Å². The first kappa shape index (κ1) is 10.6. The maximum Gasteiger partial charge on any atom is 0.290 e. The molecule has 0 aliphatic carbocycles. The lowest BCUT2D eigenvalue weighted by Gasteiger charge is -2.10. The van der Waals surface area contributed by atoms with E-state index in [-0.39, 0.29) is 22.4 Å². The summed E-state index contributed by atoms with van der Waals surface area (Å²) < 4.78 is 0.935. The van der Waals surface area contributed by atoms with Crippen LogP contribution in [-0.4, -0.2) is 10.2 Å². The third-order valence-electron chi connectivity index (χ3n) is 2.44. The molecule has 6 heteroatoms. The lowest BCUT2D eigenvalue weighted by molar-refractivity contribution is -0.643. The highest BCUT2D eigenvalue weighted by Crippen LogP contribution is 2.09. The molecule has 2 N–H and O–H groups in total. The number of hydrogen-bond acceptors (Lipinski definition) is 4. The minimum Gasteiger partial charge on any atom is -0.618 e. The maximum absolute atomic E-state index is 11.8. The third kappa shape index (κ3) is 1.36. The summed E-state index contributed by atoms with van der Waals surface area (Å²) >= 11 is 0. The summed E-state index contributed by atoms with van der Waals surface area (Å²) in [6.45, 7) is -1.18. The van der Waals surface area contributed by atoms with Crippen molar-refractivity contribution in [2.75, 3.05) is 0 Å².